The first kappa shape index (κ1) is 21.6. The number of carbonyl (C=O) groups is 3. The van der Waals surface area contributed by atoms with Crippen molar-refractivity contribution in [3.05, 3.63) is 59.2 Å². The van der Waals surface area contributed by atoms with Gasteiger partial charge in [0.25, 0.3) is 0 Å². The second kappa shape index (κ2) is 9.57. The lowest BCUT2D eigenvalue weighted by molar-refractivity contribution is -0.134. The molecule has 30 heavy (non-hydrogen) atoms. The zero-order chi connectivity index (χ0) is 21.7. The molecule has 2 aromatic rings. The van der Waals surface area contributed by atoms with Crippen molar-refractivity contribution >= 4 is 23.3 Å². The minimum atomic E-state index is -0.203. The van der Waals surface area contributed by atoms with Crippen molar-refractivity contribution in [3.63, 3.8) is 0 Å². The van der Waals surface area contributed by atoms with E-state index in [0.717, 1.165) is 11.1 Å². The maximum Gasteiger partial charge on any atom is 0.227 e. The smallest absolute Gasteiger partial charge is 0.227 e. The fourth-order valence-corrected chi connectivity index (χ4v) is 3.75. The highest BCUT2D eigenvalue weighted by atomic mass is 16.3. The van der Waals surface area contributed by atoms with E-state index in [1.165, 1.54) is 6.07 Å². The molecule has 2 N–H and O–H groups in total. The average molecular weight is 408 g/mol. The Bertz CT molecular complexity index is 946. The fourth-order valence-electron chi connectivity index (χ4n) is 3.75. The van der Waals surface area contributed by atoms with Crippen LogP contribution in [0.25, 0.3) is 0 Å². The second-order valence-corrected chi connectivity index (χ2v) is 7.90. The second-order valence-electron chi connectivity index (χ2n) is 7.90. The van der Waals surface area contributed by atoms with E-state index in [1.54, 1.807) is 23.1 Å². The van der Waals surface area contributed by atoms with E-state index in [2.05, 4.69) is 5.32 Å². The normalized spacial score (nSPS) is 14.4. The van der Waals surface area contributed by atoms with Gasteiger partial charge in [0.2, 0.25) is 11.8 Å². The molecule has 0 atom stereocenters. The first-order chi connectivity index (χ1) is 14.3. The molecule has 0 bridgehead atoms. The van der Waals surface area contributed by atoms with Gasteiger partial charge >= 0.3 is 0 Å². The minimum Gasteiger partial charge on any atom is -0.506 e. The number of phenols is 1. The molecule has 0 unspecified atom stereocenters. The molecule has 1 aliphatic rings. The molecular formula is C24H28N2O4. The standard InChI is InChI=1S/C24H28N2O4/c1-16-7-8-17(2)19(15-16)21(27)9-10-23(29)26-13-11-18(12-14-26)24(30)25-20-5-3-4-6-22(20)28/h3-8,15,18,28H,9-14H2,1-2H3,(H,25,30). The van der Waals surface area contributed by atoms with Crippen LogP contribution in [0.15, 0.2) is 42.5 Å². The van der Waals surface area contributed by atoms with Gasteiger partial charge in [-0.1, -0.05) is 29.8 Å². The number of likely N-dealkylation sites (tertiary alicyclic amines) is 1. The van der Waals surface area contributed by atoms with Crippen molar-refractivity contribution in [1.82, 2.24) is 4.90 Å². The topological polar surface area (TPSA) is 86.7 Å². The summed E-state index contributed by atoms with van der Waals surface area (Å²) in [5.41, 5.74) is 3.03. The molecule has 6 heteroatoms. The third-order valence-corrected chi connectivity index (χ3v) is 5.64. The highest BCUT2D eigenvalue weighted by Gasteiger charge is 2.28. The molecule has 0 radical (unpaired) electrons. The Balaban J connectivity index is 1.47. The third-order valence-electron chi connectivity index (χ3n) is 5.64. The number of piperidine rings is 1. The van der Waals surface area contributed by atoms with Gasteiger partial charge in [-0.3, -0.25) is 14.4 Å². The SMILES string of the molecule is Cc1ccc(C)c(C(=O)CCC(=O)N2CCC(C(=O)Nc3ccccc3O)CC2)c1. The van der Waals surface area contributed by atoms with Crippen LogP contribution in [0.1, 0.15) is 47.2 Å². The Morgan fingerprint density at radius 1 is 1.03 bits per heavy atom. The molecule has 0 saturated carbocycles. The van der Waals surface area contributed by atoms with E-state index in [9.17, 15) is 19.5 Å². The summed E-state index contributed by atoms with van der Waals surface area (Å²) in [5, 5.41) is 12.6. The molecule has 0 aliphatic carbocycles. The van der Waals surface area contributed by atoms with Crippen LogP contribution in [0.4, 0.5) is 5.69 Å². The summed E-state index contributed by atoms with van der Waals surface area (Å²) < 4.78 is 0. The van der Waals surface area contributed by atoms with Gasteiger partial charge in [0, 0.05) is 37.4 Å². The predicted molar refractivity (Wildman–Crippen MR) is 116 cm³/mol. The van der Waals surface area contributed by atoms with Crippen LogP contribution in [0.3, 0.4) is 0 Å². The van der Waals surface area contributed by atoms with Gasteiger partial charge in [-0.25, -0.2) is 0 Å². The van der Waals surface area contributed by atoms with Gasteiger partial charge in [-0.2, -0.15) is 0 Å². The van der Waals surface area contributed by atoms with E-state index in [4.69, 9.17) is 0 Å². The molecule has 158 valence electrons. The number of aryl methyl sites for hydroxylation is 2. The molecule has 0 aromatic heterocycles. The van der Waals surface area contributed by atoms with Crippen molar-refractivity contribution in [2.45, 2.75) is 39.5 Å². The summed E-state index contributed by atoms with van der Waals surface area (Å²) in [5.74, 6) is -0.374. The predicted octanol–water partition coefficient (Wildman–Crippen LogP) is 3.85. The Hall–Kier alpha value is -3.15. The van der Waals surface area contributed by atoms with Gasteiger partial charge in [0.1, 0.15) is 5.75 Å². The largest absolute Gasteiger partial charge is 0.506 e. The molecular weight excluding hydrogens is 380 g/mol. The number of para-hydroxylation sites is 2. The van der Waals surface area contributed by atoms with Crippen molar-refractivity contribution in [1.29, 1.82) is 0 Å². The number of rotatable bonds is 6. The summed E-state index contributed by atoms with van der Waals surface area (Å²) in [4.78, 5) is 39.2. The van der Waals surface area contributed by atoms with Gasteiger partial charge in [-0.05, 0) is 50.5 Å². The first-order valence-corrected chi connectivity index (χ1v) is 10.3. The number of aromatic hydroxyl groups is 1. The Morgan fingerprint density at radius 3 is 2.43 bits per heavy atom. The minimum absolute atomic E-state index is 0.0125. The van der Waals surface area contributed by atoms with E-state index >= 15 is 0 Å². The van der Waals surface area contributed by atoms with E-state index in [1.807, 2.05) is 32.0 Å². The average Bonchev–Trinajstić information content (AvgIpc) is 2.75. The van der Waals surface area contributed by atoms with Gasteiger partial charge in [0.05, 0.1) is 5.69 Å². The van der Waals surface area contributed by atoms with Gasteiger partial charge in [-0.15, -0.1) is 0 Å². The summed E-state index contributed by atoms with van der Waals surface area (Å²) in [6.45, 7) is 4.84. The molecule has 1 saturated heterocycles. The molecule has 1 heterocycles. The molecule has 6 nitrogen and oxygen atoms in total. The van der Waals surface area contributed by atoms with E-state index in [-0.39, 0.29) is 42.1 Å². The van der Waals surface area contributed by atoms with Crippen molar-refractivity contribution < 1.29 is 19.5 Å². The number of ketones is 1. The number of benzene rings is 2. The maximum absolute atomic E-state index is 12.5. The molecule has 3 rings (SSSR count). The van der Waals surface area contributed by atoms with Crippen molar-refractivity contribution in [2.75, 3.05) is 18.4 Å². The third kappa shape index (κ3) is 5.26. The number of nitrogens with one attached hydrogen (secondary N) is 1. The Morgan fingerprint density at radius 2 is 1.73 bits per heavy atom. The number of nitrogens with zero attached hydrogens (tertiary/aromatic N) is 1. The number of Topliss-reactive ketones (excluding diaryl/α,β-unsaturated/α-hetero) is 1. The van der Waals surface area contributed by atoms with Crippen LogP contribution in [0.5, 0.6) is 5.75 Å². The zero-order valence-corrected chi connectivity index (χ0v) is 17.5. The van der Waals surface area contributed by atoms with Crippen molar-refractivity contribution in [2.24, 2.45) is 5.92 Å². The van der Waals surface area contributed by atoms with Crippen LogP contribution in [-0.4, -0.2) is 40.7 Å². The molecule has 2 amide bonds. The summed E-state index contributed by atoms with van der Waals surface area (Å²) in [6.07, 6.45) is 1.50. The Labute approximate surface area is 176 Å². The van der Waals surface area contributed by atoms with E-state index < -0.39 is 0 Å². The van der Waals surface area contributed by atoms with Crippen LogP contribution >= 0.6 is 0 Å². The van der Waals surface area contributed by atoms with Gasteiger partial charge in [0.15, 0.2) is 5.78 Å². The molecule has 0 spiro atoms. The fraction of sp³-hybridized carbons (Fsp3) is 0.375. The lowest BCUT2D eigenvalue weighted by Gasteiger charge is -2.31. The number of anilines is 1. The van der Waals surface area contributed by atoms with Crippen LogP contribution in [-0.2, 0) is 9.59 Å². The highest BCUT2D eigenvalue weighted by molar-refractivity contribution is 5.99. The van der Waals surface area contributed by atoms with Gasteiger partial charge < -0.3 is 15.3 Å². The zero-order valence-electron chi connectivity index (χ0n) is 17.5. The summed E-state index contributed by atoms with van der Waals surface area (Å²) in [6, 6.07) is 12.4. The number of hydrogen-bond acceptors (Lipinski definition) is 4. The van der Waals surface area contributed by atoms with Crippen LogP contribution in [0, 0.1) is 19.8 Å². The quantitative estimate of drug-likeness (QED) is 0.561. The molecule has 2 aromatic carbocycles. The van der Waals surface area contributed by atoms with Crippen LogP contribution < -0.4 is 5.32 Å². The number of phenolic OH excluding ortho intramolecular Hbond substituents is 1. The van der Waals surface area contributed by atoms with Crippen molar-refractivity contribution in [3.8, 4) is 5.75 Å². The Kier molecular flexibility index (Phi) is 6.87. The number of hydrogen-bond donors (Lipinski definition) is 2. The first-order valence-electron chi connectivity index (χ1n) is 10.3. The van der Waals surface area contributed by atoms with E-state index in [0.29, 0.717) is 37.2 Å². The molecule has 1 fully saturated rings. The lowest BCUT2D eigenvalue weighted by atomic mass is 9.95. The number of amides is 2. The monoisotopic (exact) mass is 408 g/mol. The summed E-state index contributed by atoms with van der Waals surface area (Å²) >= 11 is 0. The number of carbonyl (C=O) groups excluding carboxylic acids is 3. The summed E-state index contributed by atoms with van der Waals surface area (Å²) in [7, 11) is 0. The van der Waals surface area contributed by atoms with Crippen LogP contribution in [0.2, 0.25) is 0 Å². The maximum atomic E-state index is 12.5. The molecule has 1 aliphatic heterocycles. The lowest BCUT2D eigenvalue weighted by Crippen LogP contribution is -2.41. The highest BCUT2D eigenvalue weighted by Crippen LogP contribution is 2.25.